The molecular formula is C17H20N4O4. The SMILES string of the molecule is Cc1ccccc1OCC(=O)N1C[C@@H](CC(=O)O)[C@@H](c2cn[nH]n2)C1. The van der Waals surface area contributed by atoms with E-state index in [0.717, 1.165) is 5.56 Å². The highest BCUT2D eigenvalue weighted by molar-refractivity contribution is 5.78. The number of carbonyl (C=O) groups is 2. The van der Waals surface area contributed by atoms with Crippen molar-refractivity contribution in [2.24, 2.45) is 5.92 Å². The Labute approximate surface area is 144 Å². The Kier molecular flexibility index (Phi) is 4.97. The minimum absolute atomic E-state index is 0.0139. The van der Waals surface area contributed by atoms with Gasteiger partial charge in [0.15, 0.2) is 6.61 Å². The molecule has 2 atom stereocenters. The molecule has 25 heavy (non-hydrogen) atoms. The van der Waals surface area contributed by atoms with E-state index in [4.69, 9.17) is 9.84 Å². The van der Waals surface area contributed by atoms with Gasteiger partial charge in [-0.05, 0) is 24.5 Å². The Morgan fingerprint density at radius 3 is 2.84 bits per heavy atom. The fourth-order valence-corrected chi connectivity index (χ4v) is 3.18. The third-order valence-corrected chi connectivity index (χ3v) is 4.49. The summed E-state index contributed by atoms with van der Waals surface area (Å²) in [5, 5.41) is 19.5. The van der Waals surface area contributed by atoms with E-state index in [-0.39, 0.29) is 30.8 Å². The number of rotatable bonds is 6. The molecule has 0 radical (unpaired) electrons. The monoisotopic (exact) mass is 344 g/mol. The molecule has 1 saturated heterocycles. The van der Waals surface area contributed by atoms with E-state index in [1.54, 1.807) is 11.1 Å². The van der Waals surface area contributed by atoms with Gasteiger partial charge in [-0.15, -0.1) is 0 Å². The van der Waals surface area contributed by atoms with E-state index in [2.05, 4.69) is 15.4 Å². The Hall–Kier alpha value is -2.90. The number of aromatic nitrogens is 3. The van der Waals surface area contributed by atoms with Crippen molar-refractivity contribution in [1.29, 1.82) is 0 Å². The number of aromatic amines is 1. The number of nitrogens with one attached hydrogen (secondary N) is 1. The molecule has 1 aliphatic heterocycles. The first-order chi connectivity index (χ1) is 12.0. The first kappa shape index (κ1) is 16.9. The third-order valence-electron chi connectivity index (χ3n) is 4.49. The van der Waals surface area contributed by atoms with Crippen LogP contribution in [-0.2, 0) is 9.59 Å². The van der Waals surface area contributed by atoms with Crippen molar-refractivity contribution < 1.29 is 19.4 Å². The van der Waals surface area contributed by atoms with Crippen LogP contribution in [-0.4, -0.2) is 57.0 Å². The fraction of sp³-hybridized carbons (Fsp3) is 0.412. The van der Waals surface area contributed by atoms with Gasteiger partial charge in [0.1, 0.15) is 5.75 Å². The van der Waals surface area contributed by atoms with Gasteiger partial charge in [0.05, 0.1) is 18.3 Å². The molecule has 8 heteroatoms. The summed E-state index contributed by atoms with van der Waals surface area (Å²) in [5.41, 5.74) is 1.64. The summed E-state index contributed by atoms with van der Waals surface area (Å²) in [6.45, 7) is 2.63. The van der Waals surface area contributed by atoms with Crippen LogP contribution in [0.3, 0.4) is 0 Å². The molecule has 0 bridgehead atoms. The maximum atomic E-state index is 12.5. The number of likely N-dealkylation sites (tertiary alicyclic amines) is 1. The quantitative estimate of drug-likeness (QED) is 0.815. The normalized spacial score (nSPS) is 19.8. The average Bonchev–Trinajstić information content (AvgIpc) is 3.22. The predicted molar refractivity (Wildman–Crippen MR) is 88.1 cm³/mol. The highest BCUT2D eigenvalue weighted by Crippen LogP contribution is 2.33. The highest BCUT2D eigenvalue weighted by Gasteiger charge is 2.38. The number of aryl methyl sites for hydroxylation is 1. The van der Waals surface area contributed by atoms with Gasteiger partial charge in [-0.2, -0.15) is 15.4 Å². The summed E-state index contributed by atoms with van der Waals surface area (Å²) < 4.78 is 5.61. The van der Waals surface area contributed by atoms with E-state index in [9.17, 15) is 9.59 Å². The molecule has 1 aliphatic rings. The van der Waals surface area contributed by atoms with Crippen LogP contribution in [0.15, 0.2) is 30.5 Å². The lowest BCUT2D eigenvalue weighted by molar-refractivity contribution is -0.138. The topological polar surface area (TPSA) is 108 Å². The number of H-pyrrole nitrogens is 1. The standard InChI is InChI=1S/C17H20N4O4/c1-11-4-2-3-5-15(11)25-10-16(22)21-8-12(6-17(23)24)13(9-21)14-7-18-20-19-14/h2-5,7,12-13H,6,8-10H2,1H3,(H,23,24)(H,18,19,20)/t12-,13+/m1/s1. The van der Waals surface area contributed by atoms with Crippen LogP contribution in [0.5, 0.6) is 5.75 Å². The Morgan fingerprint density at radius 1 is 1.36 bits per heavy atom. The van der Waals surface area contributed by atoms with Crippen LogP contribution in [0.25, 0.3) is 0 Å². The molecular weight excluding hydrogens is 324 g/mol. The second-order valence-electron chi connectivity index (χ2n) is 6.21. The van der Waals surface area contributed by atoms with Gasteiger partial charge in [-0.25, -0.2) is 0 Å². The maximum Gasteiger partial charge on any atom is 0.303 e. The Bertz CT molecular complexity index is 747. The second-order valence-corrected chi connectivity index (χ2v) is 6.21. The van der Waals surface area contributed by atoms with Gasteiger partial charge in [0.25, 0.3) is 5.91 Å². The maximum absolute atomic E-state index is 12.5. The van der Waals surface area contributed by atoms with E-state index in [1.807, 2.05) is 31.2 Å². The number of ether oxygens (including phenoxy) is 1. The van der Waals surface area contributed by atoms with Crippen LogP contribution in [0.4, 0.5) is 0 Å². The summed E-state index contributed by atoms with van der Waals surface area (Å²) in [4.78, 5) is 25.3. The smallest absolute Gasteiger partial charge is 0.303 e. The van der Waals surface area contributed by atoms with Crippen LogP contribution >= 0.6 is 0 Å². The number of aliphatic carboxylic acids is 1. The lowest BCUT2D eigenvalue weighted by Crippen LogP contribution is -2.33. The number of hydrogen-bond donors (Lipinski definition) is 2. The number of carboxylic acid groups (broad SMARTS) is 1. The van der Waals surface area contributed by atoms with Crippen LogP contribution in [0.1, 0.15) is 23.6 Å². The molecule has 8 nitrogen and oxygen atoms in total. The molecule has 0 saturated carbocycles. The first-order valence-electron chi connectivity index (χ1n) is 8.08. The summed E-state index contributed by atoms with van der Waals surface area (Å²) in [6, 6.07) is 7.49. The van der Waals surface area contributed by atoms with Crippen molar-refractivity contribution >= 4 is 11.9 Å². The lowest BCUT2D eigenvalue weighted by Gasteiger charge is -2.17. The van der Waals surface area contributed by atoms with Crippen molar-refractivity contribution in [3.63, 3.8) is 0 Å². The number of hydrogen-bond acceptors (Lipinski definition) is 5. The van der Waals surface area contributed by atoms with Crippen molar-refractivity contribution in [1.82, 2.24) is 20.3 Å². The molecule has 0 unspecified atom stereocenters. The first-order valence-corrected chi connectivity index (χ1v) is 8.08. The molecule has 2 heterocycles. The third kappa shape index (κ3) is 3.96. The Morgan fingerprint density at radius 2 is 2.16 bits per heavy atom. The molecule has 132 valence electrons. The lowest BCUT2D eigenvalue weighted by atomic mass is 9.91. The molecule has 3 rings (SSSR count). The van der Waals surface area contributed by atoms with E-state index >= 15 is 0 Å². The van der Waals surface area contributed by atoms with Crippen molar-refractivity contribution in [2.45, 2.75) is 19.3 Å². The summed E-state index contributed by atoms with van der Waals surface area (Å²) in [5.74, 6) is -0.707. The van der Waals surface area contributed by atoms with Gasteiger partial charge in [-0.3, -0.25) is 9.59 Å². The number of benzene rings is 1. The van der Waals surface area contributed by atoms with Crippen LogP contribution < -0.4 is 4.74 Å². The zero-order chi connectivity index (χ0) is 17.8. The number of amides is 1. The van der Waals surface area contributed by atoms with E-state index in [0.29, 0.717) is 24.5 Å². The highest BCUT2D eigenvalue weighted by atomic mass is 16.5. The zero-order valence-electron chi connectivity index (χ0n) is 13.9. The number of para-hydroxylation sites is 1. The van der Waals surface area contributed by atoms with E-state index in [1.165, 1.54) is 0 Å². The Balaban J connectivity index is 1.65. The van der Waals surface area contributed by atoms with Crippen LogP contribution in [0.2, 0.25) is 0 Å². The molecule has 2 N–H and O–H groups in total. The van der Waals surface area contributed by atoms with Gasteiger partial charge in [-0.1, -0.05) is 18.2 Å². The summed E-state index contributed by atoms with van der Waals surface area (Å²) in [6.07, 6.45) is 1.57. The molecule has 1 amide bonds. The van der Waals surface area contributed by atoms with Crippen molar-refractivity contribution in [3.05, 3.63) is 41.7 Å². The predicted octanol–water partition coefficient (Wildman–Crippen LogP) is 1.21. The molecule has 1 fully saturated rings. The number of carboxylic acids is 1. The molecule has 0 aliphatic carbocycles. The summed E-state index contributed by atoms with van der Waals surface area (Å²) >= 11 is 0. The zero-order valence-corrected chi connectivity index (χ0v) is 13.9. The molecule has 0 spiro atoms. The second kappa shape index (κ2) is 7.33. The van der Waals surface area contributed by atoms with Crippen molar-refractivity contribution in [3.8, 4) is 5.75 Å². The molecule has 1 aromatic carbocycles. The summed E-state index contributed by atoms with van der Waals surface area (Å²) in [7, 11) is 0. The van der Waals surface area contributed by atoms with Gasteiger partial charge >= 0.3 is 5.97 Å². The fourth-order valence-electron chi connectivity index (χ4n) is 3.18. The number of carbonyl (C=O) groups excluding carboxylic acids is 1. The average molecular weight is 344 g/mol. The van der Waals surface area contributed by atoms with Crippen LogP contribution in [0, 0.1) is 12.8 Å². The van der Waals surface area contributed by atoms with Gasteiger partial charge < -0.3 is 14.7 Å². The largest absolute Gasteiger partial charge is 0.484 e. The van der Waals surface area contributed by atoms with E-state index < -0.39 is 5.97 Å². The number of nitrogens with zero attached hydrogens (tertiary/aromatic N) is 3. The van der Waals surface area contributed by atoms with Gasteiger partial charge in [0.2, 0.25) is 0 Å². The molecule has 1 aromatic heterocycles. The minimum atomic E-state index is -0.885. The minimum Gasteiger partial charge on any atom is -0.484 e. The molecule has 2 aromatic rings. The van der Waals surface area contributed by atoms with Gasteiger partial charge in [0, 0.05) is 19.0 Å². The van der Waals surface area contributed by atoms with Crippen molar-refractivity contribution in [2.75, 3.05) is 19.7 Å².